The van der Waals surface area contributed by atoms with Gasteiger partial charge in [0.2, 0.25) is 0 Å². The molecule has 1 atom stereocenters. The van der Waals surface area contributed by atoms with Crippen molar-refractivity contribution >= 4 is 17.4 Å². The van der Waals surface area contributed by atoms with Gasteiger partial charge in [-0.25, -0.2) is 9.38 Å². The molecule has 1 aromatic heterocycles. The highest BCUT2D eigenvalue weighted by atomic mass is 19.1. The number of pyridine rings is 1. The van der Waals surface area contributed by atoms with Crippen LogP contribution in [-0.2, 0) is 6.54 Å². The molecule has 0 bridgehead atoms. The predicted octanol–water partition coefficient (Wildman–Crippen LogP) is 3.26. The van der Waals surface area contributed by atoms with Crippen LogP contribution in [0.5, 0.6) is 0 Å². The highest BCUT2D eigenvalue weighted by molar-refractivity contribution is 6.00. The summed E-state index contributed by atoms with van der Waals surface area (Å²) in [5.41, 5.74) is 11.6. The molecule has 1 amide bonds. The lowest BCUT2D eigenvalue weighted by Gasteiger charge is -2.12. The van der Waals surface area contributed by atoms with Gasteiger partial charge in [0.05, 0.1) is 0 Å². The SMILES string of the molecule is O=C1NCc2cc(NC3N=C(c4ccc(-c5ccc(C6CC6)nc5)c(F)c4)NN3)ccc21. The molecule has 2 aliphatic heterocycles. The Morgan fingerprint density at radius 2 is 1.84 bits per heavy atom. The van der Waals surface area contributed by atoms with Crippen LogP contribution in [0.4, 0.5) is 10.1 Å². The van der Waals surface area contributed by atoms with Crippen LogP contribution >= 0.6 is 0 Å². The van der Waals surface area contributed by atoms with E-state index < -0.39 is 6.29 Å². The van der Waals surface area contributed by atoms with Gasteiger partial charge in [-0.15, -0.1) is 0 Å². The maximum atomic E-state index is 14.9. The van der Waals surface area contributed by atoms with Gasteiger partial charge in [0, 0.05) is 52.3 Å². The Balaban J connectivity index is 1.18. The summed E-state index contributed by atoms with van der Waals surface area (Å²) >= 11 is 0. The number of aliphatic imine (C=N–C) groups is 1. The van der Waals surface area contributed by atoms with E-state index in [0.29, 0.717) is 35.0 Å². The molecule has 4 N–H and O–H groups in total. The minimum Gasteiger partial charge on any atom is -0.350 e. The first-order valence-corrected chi connectivity index (χ1v) is 10.7. The number of nitrogens with zero attached hydrogens (tertiary/aromatic N) is 2. The molecule has 160 valence electrons. The summed E-state index contributed by atoms with van der Waals surface area (Å²) in [7, 11) is 0. The molecule has 32 heavy (non-hydrogen) atoms. The Morgan fingerprint density at radius 3 is 2.62 bits per heavy atom. The van der Waals surface area contributed by atoms with Crippen molar-refractivity contribution in [3.8, 4) is 11.1 Å². The molecule has 3 aliphatic rings. The Kier molecular flexibility index (Phi) is 4.39. The second-order valence-corrected chi connectivity index (χ2v) is 8.29. The maximum Gasteiger partial charge on any atom is 0.251 e. The summed E-state index contributed by atoms with van der Waals surface area (Å²) in [6.45, 7) is 0.527. The summed E-state index contributed by atoms with van der Waals surface area (Å²) in [6, 6.07) is 14.6. The number of hydrazine groups is 1. The highest BCUT2D eigenvalue weighted by Crippen LogP contribution is 2.39. The molecule has 3 heterocycles. The molecule has 0 radical (unpaired) electrons. The zero-order valence-electron chi connectivity index (χ0n) is 17.2. The van der Waals surface area contributed by atoms with Crippen molar-refractivity contribution in [1.82, 2.24) is 21.2 Å². The number of nitrogens with one attached hydrogen (secondary N) is 4. The molecule has 1 saturated carbocycles. The Labute approximate surface area is 184 Å². The van der Waals surface area contributed by atoms with Crippen LogP contribution in [0.1, 0.15) is 45.9 Å². The zero-order chi connectivity index (χ0) is 21.7. The summed E-state index contributed by atoms with van der Waals surface area (Å²) in [4.78, 5) is 20.8. The number of aromatic nitrogens is 1. The number of carbonyl (C=O) groups is 1. The molecule has 2 aromatic carbocycles. The lowest BCUT2D eigenvalue weighted by Crippen LogP contribution is -2.39. The third-order valence-corrected chi connectivity index (χ3v) is 6.01. The van der Waals surface area contributed by atoms with Crippen LogP contribution in [0.3, 0.4) is 0 Å². The van der Waals surface area contributed by atoms with Gasteiger partial charge in [-0.1, -0.05) is 18.2 Å². The molecule has 3 aromatic rings. The third kappa shape index (κ3) is 3.48. The number of benzene rings is 2. The molecule has 0 spiro atoms. The Bertz CT molecular complexity index is 1250. The van der Waals surface area contributed by atoms with Crippen molar-refractivity contribution in [1.29, 1.82) is 0 Å². The molecule has 1 unspecified atom stereocenters. The zero-order valence-corrected chi connectivity index (χ0v) is 17.2. The van der Waals surface area contributed by atoms with E-state index in [0.717, 1.165) is 22.5 Å². The standard InChI is InChI=1S/C24H21FN6O/c25-20-10-14(3-6-18(20)15-4-8-21(26-11-15)13-1-2-13)22-29-24(31-30-22)28-17-5-7-19-16(9-17)12-27-23(19)32/h3-11,13,24,28,31H,1-2,12H2,(H,27,32)(H,29,30). The van der Waals surface area contributed by atoms with Gasteiger partial charge in [-0.05, 0) is 48.7 Å². The monoisotopic (exact) mass is 428 g/mol. The van der Waals surface area contributed by atoms with Crippen molar-refractivity contribution in [2.24, 2.45) is 4.99 Å². The van der Waals surface area contributed by atoms with Crippen molar-refractivity contribution in [2.75, 3.05) is 5.32 Å². The predicted molar refractivity (Wildman–Crippen MR) is 119 cm³/mol. The van der Waals surface area contributed by atoms with E-state index >= 15 is 0 Å². The largest absolute Gasteiger partial charge is 0.350 e. The number of rotatable bonds is 5. The fourth-order valence-electron chi connectivity index (χ4n) is 4.11. The molecule has 0 saturated heterocycles. The minimum atomic E-state index is -0.421. The number of halogens is 1. The van der Waals surface area contributed by atoms with Gasteiger partial charge in [-0.3, -0.25) is 9.78 Å². The average molecular weight is 428 g/mol. The summed E-state index contributed by atoms with van der Waals surface area (Å²) in [6.07, 6.45) is 3.71. The van der Waals surface area contributed by atoms with E-state index in [9.17, 15) is 9.18 Å². The molecule has 1 fully saturated rings. The van der Waals surface area contributed by atoms with Gasteiger partial charge >= 0.3 is 0 Å². The second kappa shape index (κ2) is 7.42. The Hall–Kier alpha value is -3.78. The van der Waals surface area contributed by atoms with E-state index in [-0.39, 0.29) is 11.7 Å². The minimum absolute atomic E-state index is 0.0485. The third-order valence-electron chi connectivity index (χ3n) is 6.01. The van der Waals surface area contributed by atoms with Gasteiger partial charge in [0.25, 0.3) is 5.91 Å². The van der Waals surface area contributed by atoms with E-state index in [1.54, 1.807) is 18.3 Å². The number of fused-ring (bicyclic) bond motifs is 1. The van der Waals surface area contributed by atoms with Gasteiger partial charge in [0.15, 0.2) is 6.29 Å². The first-order valence-electron chi connectivity index (χ1n) is 10.7. The summed E-state index contributed by atoms with van der Waals surface area (Å²) in [5.74, 6) is 0.758. The quantitative estimate of drug-likeness (QED) is 0.501. The number of amidine groups is 1. The van der Waals surface area contributed by atoms with E-state index in [4.69, 9.17) is 0 Å². The first-order chi connectivity index (χ1) is 15.6. The van der Waals surface area contributed by atoms with Gasteiger partial charge in [0.1, 0.15) is 11.7 Å². The highest BCUT2D eigenvalue weighted by Gasteiger charge is 2.25. The van der Waals surface area contributed by atoms with E-state index in [1.165, 1.54) is 18.9 Å². The van der Waals surface area contributed by atoms with Crippen molar-refractivity contribution in [2.45, 2.75) is 31.6 Å². The second-order valence-electron chi connectivity index (χ2n) is 8.29. The summed E-state index contributed by atoms with van der Waals surface area (Å²) < 4.78 is 14.9. The van der Waals surface area contributed by atoms with Crippen molar-refractivity contribution in [3.63, 3.8) is 0 Å². The molecular formula is C24H21FN6O. The normalized spacial score (nSPS) is 19.2. The van der Waals surface area contributed by atoms with Gasteiger partial charge in [-0.2, -0.15) is 5.43 Å². The molecule has 8 heteroatoms. The number of hydrogen-bond donors (Lipinski definition) is 4. The maximum absolute atomic E-state index is 14.9. The fraction of sp³-hybridized carbons (Fsp3) is 0.208. The molecule has 7 nitrogen and oxygen atoms in total. The molecule has 1 aliphatic carbocycles. The molecule has 6 rings (SSSR count). The van der Waals surface area contributed by atoms with Crippen molar-refractivity contribution in [3.05, 3.63) is 82.9 Å². The number of amides is 1. The smallest absolute Gasteiger partial charge is 0.251 e. The van der Waals surface area contributed by atoms with Crippen LogP contribution in [0.25, 0.3) is 11.1 Å². The number of anilines is 1. The lowest BCUT2D eigenvalue weighted by molar-refractivity contribution is 0.0966. The topological polar surface area (TPSA) is 90.4 Å². The number of hydrogen-bond acceptors (Lipinski definition) is 6. The lowest BCUT2D eigenvalue weighted by atomic mass is 10.0. The average Bonchev–Trinajstić information content (AvgIpc) is 3.45. The van der Waals surface area contributed by atoms with Crippen LogP contribution in [0.15, 0.2) is 59.7 Å². The number of carbonyl (C=O) groups excluding carboxylic acids is 1. The van der Waals surface area contributed by atoms with Crippen LogP contribution in [0, 0.1) is 5.82 Å². The van der Waals surface area contributed by atoms with Crippen LogP contribution < -0.4 is 21.5 Å². The van der Waals surface area contributed by atoms with E-state index in [1.807, 2.05) is 30.3 Å². The van der Waals surface area contributed by atoms with Crippen molar-refractivity contribution < 1.29 is 9.18 Å². The first kappa shape index (κ1) is 18.9. The van der Waals surface area contributed by atoms with Crippen LogP contribution in [-0.4, -0.2) is 23.0 Å². The van der Waals surface area contributed by atoms with E-state index in [2.05, 4.69) is 31.5 Å². The van der Waals surface area contributed by atoms with Gasteiger partial charge < -0.3 is 16.1 Å². The summed E-state index contributed by atoms with van der Waals surface area (Å²) in [5, 5.41) is 6.06. The van der Waals surface area contributed by atoms with Crippen LogP contribution in [0.2, 0.25) is 0 Å². The fourth-order valence-corrected chi connectivity index (χ4v) is 4.11. The molecular weight excluding hydrogens is 407 g/mol. The Morgan fingerprint density at radius 1 is 1.00 bits per heavy atom.